The SMILES string of the molecule is COc1cccc([C@H]2CC(c3ccc(NS(C)(=O)=O)cc3)=NN2S(C)(=O)=O)c1. The molecule has 0 radical (unpaired) electrons. The minimum Gasteiger partial charge on any atom is -0.497 e. The Balaban J connectivity index is 1.92. The summed E-state index contributed by atoms with van der Waals surface area (Å²) in [5.74, 6) is 0.635. The molecular formula is C18H21N3O5S2. The van der Waals surface area contributed by atoms with Crippen LogP contribution in [-0.4, -0.2) is 46.6 Å². The number of sulfonamides is 2. The fraction of sp³-hybridized carbons (Fsp3) is 0.278. The Morgan fingerprint density at radius 3 is 2.32 bits per heavy atom. The second-order valence-electron chi connectivity index (χ2n) is 6.53. The first-order chi connectivity index (χ1) is 13.1. The third-order valence-corrected chi connectivity index (χ3v) is 5.83. The van der Waals surface area contributed by atoms with Crippen LogP contribution in [0, 0.1) is 0 Å². The lowest BCUT2D eigenvalue weighted by atomic mass is 9.99. The standard InChI is InChI=1S/C18H21N3O5S2/c1-26-16-6-4-5-14(11-16)18-12-17(19-21(18)28(3,24)25)13-7-9-15(10-8-13)20-27(2,22)23/h4-11,18,20H,12H2,1-3H3/t18-/m1/s1. The molecule has 0 bridgehead atoms. The Bertz CT molecular complexity index is 1110. The van der Waals surface area contributed by atoms with Crippen LogP contribution in [0.3, 0.4) is 0 Å². The van der Waals surface area contributed by atoms with Gasteiger partial charge in [-0.25, -0.2) is 16.8 Å². The average molecular weight is 424 g/mol. The fourth-order valence-corrected chi connectivity index (χ4v) is 4.48. The summed E-state index contributed by atoms with van der Waals surface area (Å²) in [6, 6.07) is 13.4. The van der Waals surface area contributed by atoms with Crippen LogP contribution < -0.4 is 9.46 Å². The average Bonchev–Trinajstić information content (AvgIpc) is 3.07. The zero-order chi connectivity index (χ0) is 20.5. The highest BCUT2D eigenvalue weighted by molar-refractivity contribution is 7.92. The van der Waals surface area contributed by atoms with E-state index in [1.54, 1.807) is 49.6 Å². The van der Waals surface area contributed by atoms with Gasteiger partial charge in [0.15, 0.2) is 0 Å². The van der Waals surface area contributed by atoms with Gasteiger partial charge in [0.2, 0.25) is 20.0 Å². The molecule has 2 aromatic rings. The third kappa shape index (κ3) is 4.63. The monoisotopic (exact) mass is 423 g/mol. The number of hydrogen-bond acceptors (Lipinski definition) is 6. The van der Waals surface area contributed by atoms with Crippen LogP contribution >= 0.6 is 0 Å². The molecule has 8 nitrogen and oxygen atoms in total. The van der Waals surface area contributed by atoms with Crippen molar-refractivity contribution in [3.05, 3.63) is 59.7 Å². The molecule has 2 aromatic carbocycles. The maximum Gasteiger partial charge on any atom is 0.247 e. The van der Waals surface area contributed by atoms with Crippen LogP contribution in [0.5, 0.6) is 5.75 Å². The van der Waals surface area contributed by atoms with Crippen molar-refractivity contribution in [1.29, 1.82) is 0 Å². The molecule has 0 unspecified atom stereocenters. The number of methoxy groups -OCH3 is 1. The number of hydrogen-bond donors (Lipinski definition) is 1. The number of rotatable bonds is 6. The summed E-state index contributed by atoms with van der Waals surface area (Å²) >= 11 is 0. The Kier molecular flexibility index (Phi) is 5.35. The third-order valence-electron chi connectivity index (χ3n) is 4.21. The van der Waals surface area contributed by atoms with Crippen molar-refractivity contribution >= 4 is 31.4 Å². The quantitative estimate of drug-likeness (QED) is 0.767. The first-order valence-corrected chi connectivity index (χ1v) is 12.1. The normalized spacial score (nSPS) is 17.3. The van der Waals surface area contributed by atoms with Crippen LogP contribution in [-0.2, 0) is 20.0 Å². The summed E-state index contributed by atoms with van der Waals surface area (Å²) < 4.78 is 55.9. The van der Waals surface area contributed by atoms with Crippen molar-refractivity contribution in [2.24, 2.45) is 5.10 Å². The van der Waals surface area contributed by atoms with Crippen molar-refractivity contribution < 1.29 is 21.6 Å². The van der Waals surface area contributed by atoms with Gasteiger partial charge < -0.3 is 4.74 Å². The van der Waals surface area contributed by atoms with E-state index in [-0.39, 0.29) is 0 Å². The summed E-state index contributed by atoms with van der Waals surface area (Å²) in [6.07, 6.45) is 2.58. The number of nitrogens with zero attached hydrogens (tertiary/aromatic N) is 2. The Labute approximate surface area is 164 Å². The lowest BCUT2D eigenvalue weighted by Gasteiger charge is -2.21. The van der Waals surface area contributed by atoms with Crippen molar-refractivity contribution in [3.63, 3.8) is 0 Å². The highest BCUT2D eigenvalue weighted by Crippen LogP contribution is 2.35. The molecule has 0 aromatic heterocycles. The highest BCUT2D eigenvalue weighted by Gasteiger charge is 2.34. The lowest BCUT2D eigenvalue weighted by Crippen LogP contribution is -2.25. The molecular weight excluding hydrogens is 402 g/mol. The molecule has 150 valence electrons. The Hall–Kier alpha value is -2.59. The molecule has 10 heteroatoms. The molecule has 0 fully saturated rings. The molecule has 0 saturated carbocycles. The van der Waals surface area contributed by atoms with Gasteiger partial charge in [0, 0.05) is 12.1 Å². The fourth-order valence-electron chi connectivity index (χ4n) is 3.01. The second kappa shape index (κ2) is 7.44. The number of nitrogens with one attached hydrogen (secondary N) is 1. The van der Waals surface area contributed by atoms with Crippen LogP contribution in [0.25, 0.3) is 0 Å². The smallest absolute Gasteiger partial charge is 0.247 e. The predicted octanol–water partition coefficient (Wildman–Crippen LogP) is 2.18. The molecule has 0 amide bonds. The molecule has 1 aliphatic rings. The number of anilines is 1. The molecule has 0 spiro atoms. The largest absolute Gasteiger partial charge is 0.497 e. The second-order valence-corrected chi connectivity index (χ2v) is 10.1. The van der Waals surface area contributed by atoms with Crippen molar-refractivity contribution in [2.45, 2.75) is 12.5 Å². The molecule has 1 aliphatic heterocycles. The molecule has 1 N–H and O–H groups in total. The topological polar surface area (TPSA) is 105 Å². The Morgan fingerprint density at radius 2 is 1.75 bits per heavy atom. The van der Waals surface area contributed by atoms with Gasteiger partial charge >= 0.3 is 0 Å². The predicted molar refractivity (Wildman–Crippen MR) is 108 cm³/mol. The zero-order valence-electron chi connectivity index (χ0n) is 15.7. The van der Waals surface area contributed by atoms with Gasteiger partial charge in [-0.05, 0) is 35.4 Å². The van der Waals surface area contributed by atoms with E-state index in [0.29, 0.717) is 23.6 Å². The van der Waals surface area contributed by atoms with Gasteiger partial charge in [-0.3, -0.25) is 4.72 Å². The first kappa shape index (κ1) is 20.2. The van der Waals surface area contributed by atoms with Crippen molar-refractivity contribution in [1.82, 2.24) is 4.41 Å². The van der Waals surface area contributed by atoms with E-state index in [4.69, 9.17) is 4.74 Å². The Morgan fingerprint density at radius 1 is 1.07 bits per heavy atom. The van der Waals surface area contributed by atoms with E-state index in [0.717, 1.165) is 28.1 Å². The highest BCUT2D eigenvalue weighted by atomic mass is 32.2. The molecule has 28 heavy (non-hydrogen) atoms. The molecule has 0 aliphatic carbocycles. The summed E-state index contributed by atoms with van der Waals surface area (Å²) in [5, 5.41) is 4.33. The summed E-state index contributed by atoms with van der Waals surface area (Å²) in [6.45, 7) is 0. The van der Waals surface area contributed by atoms with E-state index in [1.807, 2.05) is 6.07 Å². The van der Waals surface area contributed by atoms with Crippen molar-refractivity contribution in [2.75, 3.05) is 24.3 Å². The number of ether oxygens (including phenoxy) is 1. The molecule has 1 heterocycles. The molecule has 0 saturated heterocycles. The van der Waals surface area contributed by atoms with E-state index in [2.05, 4.69) is 9.82 Å². The van der Waals surface area contributed by atoms with E-state index < -0.39 is 26.1 Å². The number of hydrazone groups is 1. The van der Waals surface area contributed by atoms with E-state index in [9.17, 15) is 16.8 Å². The van der Waals surface area contributed by atoms with E-state index >= 15 is 0 Å². The summed E-state index contributed by atoms with van der Waals surface area (Å²) in [4.78, 5) is 0. The van der Waals surface area contributed by atoms with Crippen LogP contribution in [0.15, 0.2) is 53.6 Å². The van der Waals surface area contributed by atoms with Gasteiger partial charge in [0.05, 0.1) is 31.4 Å². The summed E-state index contributed by atoms with van der Waals surface area (Å²) in [7, 11) is -5.40. The minimum atomic E-state index is -3.58. The molecule has 3 rings (SSSR count). The minimum absolute atomic E-state index is 0.388. The summed E-state index contributed by atoms with van der Waals surface area (Å²) in [5.41, 5.74) is 2.52. The van der Waals surface area contributed by atoms with Gasteiger partial charge in [-0.2, -0.15) is 9.52 Å². The first-order valence-electron chi connectivity index (χ1n) is 8.36. The maximum absolute atomic E-state index is 12.3. The lowest BCUT2D eigenvalue weighted by molar-refractivity contribution is 0.371. The van der Waals surface area contributed by atoms with Gasteiger partial charge in [-0.1, -0.05) is 24.3 Å². The van der Waals surface area contributed by atoms with Crippen LogP contribution in [0.4, 0.5) is 5.69 Å². The van der Waals surface area contributed by atoms with E-state index in [1.165, 1.54) is 0 Å². The number of benzene rings is 2. The van der Waals surface area contributed by atoms with Gasteiger partial charge in [0.25, 0.3) is 0 Å². The maximum atomic E-state index is 12.3. The van der Waals surface area contributed by atoms with Crippen LogP contribution in [0.1, 0.15) is 23.6 Å². The van der Waals surface area contributed by atoms with Gasteiger partial charge in [-0.15, -0.1) is 0 Å². The molecule has 1 atom stereocenters. The van der Waals surface area contributed by atoms with Crippen LogP contribution in [0.2, 0.25) is 0 Å². The zero-order valence-corrected chi connectivity index (χ0v) is 17.3. The van der Waals surface area contributed by atoms with Gasteiger partial charge in [0.1, 0.15) is 5.75 Å². The van der Waals surface area contributed by atoms with Crippen molar-refractivity contribution in [3.8, 4) is 5.75 Å².